The van der Waals surface area contributed by atoms with E-state index in [1.807, 2.05) is 0 Å². The van der Waals surface area contributed by atoms with Gasteiger partial charge in [0.05, 0.1) is 6.10 Å². The van der Waals surface area contributed by atoms with Crippen molar-refractivity contribution in [2.24, 2.45) is 11.3 Å². The smallest absolute Gasteiger partial charge is 0.0596 e. The third kappa shape index (κ3) is 0.644. The molecule has 0 heterocycles. The molecule has 52 valence electrons. The summed E-state index contributed by atoms with van der Waals surface area (Å²) in [4.78, 5) is 0. The first-order chi connectivity index (χ1) is 4.21. The second kappa shape index (κ2) is 1.51. The summed E-state index contributed by atoms with van der Waals surface area (Å²) in [6, 6.07) is 0. The van der Waals surface area contributed by atoms with Crippen molar-refractivity contribution < 1.29 is 5.11 Å². The lowest BCUT2D eigenvalue weighted by atomic mass is 9.84. The molecular formula is C8H14O. The highest BCUT2D eigenvalue weighted by molar-refractivity contribution is 4.98. The number of hydrogen-bond donors (Lipinski definition) is 1. The van der Waals surface area contributed by atoms with Crippen LogP contribution >= 0.6 is 0 Å². The predicted molar refractivity (Wildman–Crippen MR) is 36.1 cm³/mol. The van der Waals surface area contributed by atoms with Crippen molar-refractivity contribution in [2.75, 3.05) is 0 Å². The Kier molecular flexibility index (Phi) is 0.963. The Morgan fingerprint density at radius 3 is 2.56 bits per heavy atom. The van der Waals surface area contributed by atoms with Crippen molar-refractivity contribution in [3.63, 3.8) is 0 Å². The third-order valence-electron chi connectivity index (χ3n) is 3.24. The van der Waals surface area contributed by atoms with Crippen LogP contribution in [0.15, 0.2) is 0 Å². The summed E-state index contributed by atoms with van der Waals surface area (Å²) in [7, 11) is 0. The molecule has 2 aliphatic rings. The highest BCUT2D eigenvalue weighted by Gasteiger charge is 2.47. The number of aliphatic hydroxyl groups is 1. The predicted octanol–water partition coefficient (Wildman–Crippen LogP) is 1.56. The molecule has 0 amide bonds. The minimum Gasteiger partial charge on any atom is -0.393 e. The van der Waals surface area contributed by atoms with Gasteiger partial charge in [-0.3, -0.25) is 0 Å². The van der Waals surface area contributed by atoms with E-state index in [1.54, 1.807) is 0 Å². The van der Waals surface area contributed by atoms with Gasteiger partial charge >= 0.3 is 0 Å². The highest BCUT2D eigenvalue weighted by Crippen LogP contribution is 2.53. The minimum absolute atomic E-state index is 0.0243. The molecule has 0 aromatic carbocycles. The lowest BCUT2D eigenvalue weighted by Crippen LogP contribution is -2.26. The molecule has 2 aliphatic carbocycles. The lowest BCUT2D eigenvalue weighted by Gasteiger charge is -2.26. The molecule has 1 nitrogen and oxygen atoms in total. The monoisotopic (exact) mass is 126 g/mol. The summed E-state index contributed by atoms with van der Waals surface area (Å²) >= 11 is 0. The molecule has 0 radical (unpaired) electrons. The second-order valence-corrected chi connectivity index (χ2v) is 4.01. The zero-order valence-corrected chi connectivity index (χ0v) is 5.93. The van der Waals surface area contributed by atoms with Gasteiger partial charge in [-0.05, 0) is 37.0 Å². The van der Waals surface area contributed by atoms with Gasteiger partial charge in [0.25, 0.3) is 0 Å². The van der Waals surface area contributed by atoms with Gasteiger partial charge in [-0.2, -0.15) is 0 Å². The van der Waals surface area contributed by atoms with E-state index in [0.29, 0.717) is 5.41 Å². The molecule has 2 bridgehead atoms. The highest BCUT2D eigenvalue weighted by atomic mass is 16.3. The summed E-state index contributed by atoms with van der Waals surface area (Å²) in [6.07, 6.45) is 5.02. The number of aliphatic hydroxyl groups excluding tert-OH is 1. The van der Waals surface area contributed by atoms with Gasteiger partial charge < -0.3 is 5.11 Å². The van der Waals surface area contributed by atoms with E-state index in [9.17, 15) is 5.11 Å². The van der Waals surface area contributed by atoms with Gasteiger partial charge in [0.15, 0.2) is 0 Å². The van der Waals surface area contributed by atoms with Crippen LogP contribution < -0.4 is 0 Å². The molecule has 1 N–H and O–H groups in total. The summed E-state index contributed by atoms with van der Waals surface area (Å²) in [5, 5.41) is 9.48. The van der Waals surface area contributed by atoms with Crippen molar-refractivity contribution in [1.29, 1.82) is 0 Å². The maximum absolute atomic E-state index is 9.48. The van der Waals surface area contributed by atoms with E-state index in [0.717, 1.165) is 12.3 Å². The van der Waals surface area contributed by atoms with E-state index in [-0.39, 0.29) is 6.10 Å². The van der Waals surface area contributed by atoms with Crippen LogP contribution in [-0.4, -0.2) is 11.2 Å². The molecule has 0 aromatic rings. The fraction of sp³-hybridized carbons (Fsp3) is 1.00. The third-order valence-corrected chi connectivity index (χ3v) is 3.24. The van der Waals surface area contributed by atoms with Crippen LogP contribution in [-0.2, 0) is 0 Å². The zero-order valence-electron chi connectivity index (χ0n) is 5.93. The van der Waals surface area contributed by atoms with Crippen LogP contribution in [0.5, 0.6) is 0 Å². The van der Waals surface area contributed by atoms with E-state index < -0.39 is 0 Å². The second-order valence-electron chi connectivity index (χ2n) is 4.01. The Labute approximate surface area is 56.1 Å². The molecule has 9 heavy (non-hydrogen) atoms. The standard InChI is InChI=1S/C8H14O/c1-8-3-2-6(5-8)4-7(8)9/h6-7,9H,2-5H2,1H3/t6?,7?,8-/m0/s1. The normalized spacial score (nSPS) is 56.7. The summed E-state index contributed by atoms with van der Waals surface area (Å²) in [6.45, 7) is 2.23. The fourth-order valence-corrected chi connectivity index (χ4v) is 2.50. The molecule has 2 unspecified atom stereocenters. The average molecular weight is 126 g/mol. The minimum atomic E-state index is 0.0243. The van der Waals surface area contributed by atoms with Crippen molar-refractivity contribution in [2.45, 2.75) is 38.7 Å². The van der Waals surface area contributed by atoms with E-state index in [2.05, 4.69) is 6.92 Å². The Morgan fingerprint density at radius 1 is 1.56 bits per heavy atom. The summed E-state index contributed by atoms with van der Waals surface area (Å²) < 4.78 is 0. The molecule has 2 fully saturated rings. The van der Waals surface area contributed by atoms with Gasteiger partial charge in [0, 0.05) is 0 Å². The Morgan fingerprint density at radius 2 is 2.33 bits per heavy atom. The molecule has 1 heteroatoms. The topological polar surface area (TPSA) is 20.2 Å². The van der Waals surface area contributed by atoms with Crippen LogP contribution in [0, 0.1) is 11.3 Å². The SMILES string of the molecule is C[C@@]12CCC(CC1O)C2. The van der Waals surface area contributed by atoms with Gasteiger partial charge in [-0.25, -0.2) is 0 Å². The van der Waals surface area contributed by atoms with Crippen LogP contribution in [0.2, 0.25) is 0 Å². The summed E-state index contributed by atoms with van der Waals surface area (Å²) in [5.74, 6) is 0.866. The van der Waals surface area contributed by atoms with E-state index >= 15 is 0 Å². The van der Waals surface area contributed by atoms with Gasteiger partial charge in [-0.15, -0.1) is 0 Å². The zero-order chi connectivity index (χ0) is 6.48. The van der Waals surface area contributed by atoms with Gasteiger partial charge in [0.1, 0.15) is 0 Å². The van der Waals surface area contributed by atoms with Crippen LogP contribution in [0.4, 0.5) is 0 Å². The largest absolute Gasteiger partial charge is 0.393 e. The van der Waals surface area contributed by atoms with Crippen molar-refractivity contribution >= 4 is 0 Å². The molecule has 0 saturated heterocycles. The van der Waals surface area contributed by atoms with Crippen molar-refractivity contribution in [3.8, 4) is 0 Å². The Bertz CT molecular complexity index is 133. The number of fused-ring (bicyclic) bond motifs is 2. The number of rotatable bonds is 0. The quantitative estimate of drug-likeness (QED) is 0.522. The van der Waals surface area contributed by atoms with Crippen molar-refractivity contribution in [3.05, 3.63) is 0 Å². The van der Waals surface area contributed by atoms with Crippen LogP contribution in [0.25, 0.3) is 0 Å². The molecule has 0 aliphatic heterocycles. The maximum atomic E-state index is 9.48. The molecule has 3 atom stereocenters. The first-order valence-electron chi connectivity index (χ1n) is 3.89. The van der Waals surface area contributed by atoms with Crippen LogP contribution in [0.3, 0.4) is 0 Å². The Balaban J connectivity index is 2.22. The molecule has 0 spiro atoms. The molecule has 2 saturated carbocycles. The summed E-state index contributed by atoms with van der Waals surface area (Å²) in [5.41, 5.74) is 0.324. The maximum Gasteiger partial charge on any atom is 0.0596 e. The fourth-order valence-electron chi connectivity index (χ4n) is 2.50. The van der Waals surface area contributed by atoms with E-state index in [4.69, 9.17) is 0 Å². The van der Waals surface area contributed by atoms with Crippen molar-refractivity contribution in [1.82, 2.24) is 0 Å². The van der Waals surface area contributed by atoms with E-state index in [1.165, 1.54) is 19.3 Å². The first kappa shape index (κ1) is 5.72. The van der Waals surface area contributed by atoms with Crippen LogP contribution in [0.1, 0.15) is 32.6 Å². The number of hydrogen-bond acceptors (Lipinski definition) is 1. The van der Waals surface area contributed by atoms with Gasteiger partial charge in [0.2, 0.25) is 0 Å². The first-order valence-corrected chi connectivity index (χ1v) is 3.89. The van der Waals surface area contributed by atoms with Gasteiger partial charge in [-0.1, -0.05) is 6.92 Å². The molecule has 0 aromatic heterocycles. The molecule has 2 rings (SSSR count). The molecular weight excluding hydrogens is 112 g/mol. The lowest BCUT2D eigenvalue weighted by molar-refractivity contribution is 0.0532. The average Bonchev–Trinajstić information content (AvgIpc) is 2.22. The Hall–Kier alpha value is -0.0400.